The average Bonchev–Trinajstić information content (AvgIpc) is 3.39. The molecular weight excluding hydrogens is 491 g/mol. The molecule has 0 radical (unpaired) electrons. The molecule has 1 N–H and O–H groups in total. The minimum Gasteiger partial charge on any atom is -0.406 e. The van der Waals surface area contributed by atoms with Crippen LogP contribution in [0, 0.1) is 18.6 Å². The van der Waals surface area contributed by atoms with Crippen molar-refractivity contribution in [3.63, 3.8) is 0 Å². The zero-order valence-corrected chi connectivity index (χ0v) is 18.8. The van der Waals surface area contributed by atoms with Crippen LogP contribution in [0.1, 0.15) is 24.4 Å². The second kappa shape index (κ2) is 9.18. The Bertz CT molecular complexity index is 1420. The topological polar surface area (TPSA) is 100.0 Å². The lowest BCUT2D eigenvalue weighted by Gasteiger charge is -2.35. The van der Waals surface area contributed by atoms with Crippen LogP contribution < -0.4 is 10.4 Å². The van der Waals surface area contributed by atoms with Gasteiger partial charge in [-0.25, -0.2) is 23.2 Å². The predicted molar refractivity (Wildman–Crippen MR) is 114 cm³/mol. The van der Waals surface area contributed by atoms with E-state index in [1.807, 2.05) is 0 Å². The number of aryl methyl sites for hydroxylation is 1. The van der Waals surface area contributed by atoms with Gasteiger partial charge in [-0.3, -0.25) is 4.57 Å². The summed E-state index contributed by atoms with van der Waals surface area (Å²) in [5, 5.41) is 19.8. The van der Waals surface area contributed by atoms with Crippen LogP contribution in [0.2, 0.25) is 0 Å². The lowest BCUT2D eigenvalue weighted by Crippen LogP contribution is -2.44. The molecule has 2 heterocycles. The summed E-state index contributed by atoms with van der Waals surface area (Å²) in [6.45, 7) is 2.56. The summed E-state index contributed by atoms with van der Waals surface area (Å²) in [5.41, 5.74) is -3.06. The molecule has 2 atom stereocenters. The molecule has 0 spiro atoms. The zero-order chi connectivity index (χ0) is 26.3. The molecule has 0 saturated heterocycles. The van der Waals surface area contributed by atoms with Crippen molar-refractivity contribution in [1.29, 1.82) is 0 Å². The van der Waals surface area contributed by atoms with Crippen molar-refractivity contribution >= 4 is 0 Å². The Morgan fingerprint density at radius 3 is 2.39 bits per heavy atom. The molecule has 4 aromatic rings. The highest BCUT2D eigenvalue weighted by Crippen LogP contribution is 2.36. The number of halogens is 5. The Balaban J connectivity index is 1.77. The monoisotopic (exact) mass is 510 g/mol. The largest absolute Gasteiger partial charge is 0.573 e. The van der Waals surface area contributed by atoms with E-state index in [2.05, 4.69) is 19.9 Å². The summed E-state index contributed by atoms with van der Waals surface area (Å²) in [6, 6.07) is 5.91. The fourth-order valence-electron chi connectivity index (χ4n) is 3.94. The third-order valence-corrected chi connectivity index (χ3v) is 5.64. The smallest absolute Gasteiger partial charge is 0.406 e. The number of ether oxygens (including phenoxy) is 1. The molecule has 190 valence electrons. The normalized spacial score (nSPS) is 14.4. The first-order chi connectivity index (χ1) is 16.9. The average molecular weight is 510 g/mol. The Kier molecular flexibility index (Phi) is 6.39. The van der Waals surface area contributed by atoms with Crippen molar-refractivity contribution in [3.05, 3.63) is 88.6 Å². The quantitative estimate of drug-likeness (QED) is 0.383. The number of rotatable bonds is 7. The van der Waals surface area contributed by atoms with E-state index in [-0.39, 0.29) is 23.6 Å². The van der Waals surface area contributed by atoms with Gasteiger partial charge in [0.15, 0.2) is 0 Å². The summed E-state index contributed by atoms with van der Waals surface area (Å²) in [7, 11) is 0. The van der Waals surface area contributed by atoms with Crippen molar-refractivity contribution in [2.75, 3.05) is 0 Å². The summed E-state index contributed by atoms with van der Waals surface area (Å²) in [6.07, 6.45) is -2.40. The van der Waals surface area contributed by atoms with Gasteiger partial charge in [0.1, 0.15) is 41.5 Å². The van der Waals surface area contributed by atoms with Gasteiger partial charge in [0.25, 0.3) is 0 Å². The molecule has 0 aliphatic rings. The molecule has 0 amide bonds. The van der Waals surface area contributed by atoms with Gasteiger partial charge < -0.3 is 9.84 Å². The van der Waals surface area contributed by atoms with E-state index in [1.54, 1.807) is 0 Å². The zero-order valence-electron chi connectivity index (χ0n) is 18.8. The van der Waals surface area contributed by atoms with E-state index in [9.17, 15) is 31.9 Å². The molecule has 0 aliphatic carbocycles. The second-order valence-electron chi connectivity index (χ2n) is 7.97. The van der Waals surface area contributed by atoms with E-state index in [1.165, 1.54) is 43.3 Å². The number of benzene rings is 2. The maximum atomic E-state index is 14.8. The molecule has 0 bridgehead atoms. The van der Waals surface area contributed by atoms with Crippen LogP contribution in [-0.4, -0.2) is 40.6 Å². The summed E-state index contributed by atoms with van der Waals surface area (Å²) < 4.78 is 72.8. The standard InChI is InChI=1S/C22H19F5N6O3/c1-13(21(35,10-31-12-28-11-29-31)18-8-3-15(23)9-19(18)24)32-14(2)30-33(20(32)34)16-4-6-17(7-5-16)36-22(25,26)27/h3-9,11-13,35H,10H2,1-2H3/t13-,21-/m1/s1. The second-order valence-corrected chi connectivity index (χ2v) is 7.97. The van der Waals surface area contributed by atoms with Crippen LogP contribution in [0.3, 0.4) is 0 Å². The van der Waals surface area contributed by atoms with Crippen molar-refractivity contribution in [2.45, 2.75) is 38.4 Å². The number of aromatic nitrogens is 6. The van der Waals surface area contributed by atoms with Gasteiger partial charge in [0, 0.05) is 11.6 Å². The molecule has 0 unspecified atom stereocenters. The van der Waals surface area contributed by atoms with Gasteiger partial charge in [-0.15, -0.1) is 13.2 Å². The lowest BCUT2D eigenvalue weighted by molar-refractivity contribution is -0.274. The summed E-state index contributed by atoms with van der Waals surface area (Å²) in [4.78, 5) is 17.1. The van der Waals surface area contributed by atoms with E-state index < -0.39 is 41.1 Å². The first-order valence-electron chi connectivity index (χ1n) is 10.4. The van der Waals surface area contributed by atoms with Gasteiger partial charge >= 0.3 is 12.1 Å². The van der Waals surface area contributed by atoms with Gasteiger partial charge in [-0.2, -0.15) is 14.9 Å². The van der Waals surface area contributed by atoms with Crippen LogP contribution in [0.25, 0.3) is 5.69 Å². The van der Waals surface area contributed by atoms with Crippen molar-refractivity contribution < 1.29 is 31.8 Å². The lowest BCUT2D eigenvalue weighted by atomic mass is 9.86. The summed E-state index contributed by atoms with van der Waals surface area (Å²) >= 11 is 0. The maximum absolute atomic E-state index is 14.8. The van der Waals surface area contributed by atoms with Gasteiger partial charge in [0.05, 0.1) is 18.3 Å². The highest BCUT2D eigenvalue weighted by Gasteiger charge is 2.42. The third kappa shape index (κ3) is 4.84. The molecule has 14 heteroatoms. The van der Waals surface area contributed by atoms with E-state index >= 15 is 0 Å². The Labute approximate surface area is 200 Å². The molecule has 36 heavy (non-hydrogen) atoms. The van der Waals surface area contributed by atoms with Crippen LogP contribution in [0.5, 0.6) is 5.75 Å². The number of nitrogens with zero attached hydrogens (tertiary/aromatic N) is 6. The van der Waals surface area contributed by atoms with Crippen molar-refractivity contribution in [3.8, 4) is 11.4 Å². The van der Waals surface area contributed by atoms with Crippen LogP contribution in [-0.2, 0) is 12.1 Å². The fourth-order valence-corrected chi connectivity index (χ4v) is 3.94. The summed E-state index contributed by atoms with van der Waals surface area (Å²) in [5.74, 6) is -2.27. The third-order valence-electron chi connectivity index (χ3n) is 5.64. The van der Waals surface area contributed by atoms with Crippen LogP contribution >= 0.6 is 0 Å². The van der Waals surface area contributed by atoms with E-state index in [0.29, 0.717) is 6.07 Å². The molecule has 0 fully saturated rings. The highest BCUT2D eigenvalue weighted by molar-refractivity contribution is 5.36. The highest BCUT2D eigenvalue weighted by atomic mass is 19.4. The Morgan fingerprint density at radius 1 is 1.11 bits per heavy atom. The van der Waals surface area contributed by atoms with Crippen LogP contribution in [0.15, 0.2) is 59.9 Å². The SMILES string of the molecule is Cc1nn(-c2ccc(OC(F)(F)F)cc2)c(=O)n1[C@H](C)[C@](O)(Cn1cncn1)c1ccc(F)cc1F. The fraction of sp³-hybridized carbons (Fsp3) is 0.273. The first-order valence-corrected chi connectivity index (χ1v) is 10.4. The maximum Gasteiger partial charge on any atom is 0.573 e. The number of alkyl halides is 3. The molecular formula is C22H19F5N6O3. The van der Waals surface area contributed by atoms with Gasteiger partial charge in [0.2, 0.25) is 0 Å². The van der Waals surface area contributed by atoms with E-state index in [4.69, 9.17) is 0 Å². The molecule has 2 aromatic heterocycles. The first kappa shape index (κ1) is 25.0. The molecule has 2 aromatic carbocycles. The van der Waals surface area contributed by atoms with Crippen LogP contribution in [0.4, 0.5) is 22.0 Å². The number of hydrogen-bond acceptors (Lipinski definition) is 6. The van der Waals surface area contributed by atoms with Gasteiger partial charge in [-0.1, -0.05) is 6.07 Å². The van der Waals surface area contributed by atoms with Crippen molar-refractivity contribution in [2.24, 2.45) is 0 Å². The molecule has 0 aliphatic heterocycles. The number of aliphatic hydroxyl groups is 1. The van der Waals surface area contributed by atoms with Gasteiger partial charge in [-0.05, 0) is 44.2 Å². The Morgan fingerprint density at radius 2 is 1.81 bits per heavy atom. The molecule has 0 saturated carbocycles. The Hall–Kier alpha value is -4.07. The van der Waals surface area contributed by atoms with Crippen molar-refractivity contribution in [1.82, 2.24) is 29.1 Å². The van der Waals surface area contributed by atoms with E-state index in [0.717, 1.165) is 33.5 Å². The minimum atomic E-state index is -4.88. The molecule has 9 nitrogen and oxygen atoms in total. The minimum absolute atomic E-state index is 0.114. The predicted octanol–water partition coefficient (Wildman–Crippen LogP) is 3.26. The molecule has 4 rings (SSSR count). The number of hydrogen-bond donors (Lipinski definition) is 1.